The first-order valence-corrected chi connectivity index (χ1v) is 6.85. The molecule has 0 fully saturated rings. The van der Waals surface area contributed by atoms with Crippen LogP contribution in [0, 0.1) is 0 Å². The van der Waals surface area contributed by atoms with Gasteiger partial charge in [-0.05, 0) is 12.1 Å². The van der Waals surface area contributed by atoms with E-state index in [4.69, 9.17) is 27.9 Å². The first-order chi connectivity index (χ1) is 10.6. The molecule has 23 heavy (non-hydrogen) atoms. The number of hydrogen-bond donors (Lipinski definition) is 0. The van der Waals surface area contributed by atoms with Gasteiger partial charge in [-0.3, -0.25) is 9.59 Å². The Bertz CT molecular complexity index is 561. The molecule has 0 unspecified atom stereocenters. The van der Waals surface area contributed by atoms with Crippen LogP contribution in [-0.4, -0.2) is 30.9 Å². The van der Waals surface area contributed by atoms with Crippen LogP contribution in [0.2, 0.25) is 10.0 Å². The van der Waals surface area contributed by atoms with Gasteiger partial charge in [0.2, 0.25) is 0 Å². The molecule has 0 bridgehead atoms. The Labute approximate surface area is 138 Å². The lowest BCUT2D eigenvalue weighted by atomic mass is 10.3. The maximum atomic E-state index is 12.5. The van der Waals surface area contributed by atoms with Crippen molar-refractivity contribution in [2.24, 2.45) is 0 Å². The predicted octanol–water partition coefficient (Wildman–Crippen LogP) is 4.12. The molecule has 0 aromatic heterocycles. The van der Waals surface area contributed by atoms with Gasteiger partial charge in [-0.15, -0.1) is 0 Å². The molecule has 1 rings (SSSR count). The molecule has 0 atom stereocenters. The number of rotatable bonds is 7. The van der Waals surface area contributed by atoms with Crippen molar-refractivity contribution in [2.45, 2.75) is 25.2 Å². The average Bonchev–Trinajstić information content (AvgIpc) is 2.47. The number of carbonyl (C=O) groups excluding carboxylic acids is 2. The molecule has 0 N–H and O–H groups in total. The molecule has 0 heterocycles. The summed E-state index contributed by atoms with van der Waals surface area (Å²) in [5.74, 6) is -6.72. The van der Waals surface area contributed by atoms with E-state index in [-0.39, 0.29) is 15.8 Å². The lowest BCUT2D eigenvalue weighted by Gasteiger charge is -2.14. The number of alkyl halides is 4. The summed E-state index contributed by atoms with van der Waals surface area (Å²) in [5, 5.41) is 0.120. The Hall–Kier alpha value is -1.54. The van der Waals surface area contributed by atoms with Crippen LogP contribution in [-0.2, 0) is 14.3 Å². The highest BCUT2D eigenvalue weighted by atomic mass is 35.5. The van der Waals surface area contributed by atoms with Gasteiger partial charge >= 0.3 is 24.3 Å². The number of ether oxygens (including phenoxy) is 2. The van der Waals surface area contributed by atoms with Gasteiger partial charge in [0.05, 0.1) is 22.9 Å². The summed E-state index contributed by atoms with van der Waals surface area (Å²) in [5.41, 5.74) is 0. The molecule has 10 heteroatoms. The number of esters is 2. The fourth-order valence-corrected chi connectivity index (χ4v) is 1.74. The maximum absolute atomic E-state index is 12.5. The van der Waals surface area contributed by atoms with Gasteiger partial charge in [-0.1, -0.05) is 29.3 Å². The van der Waals surface area contributed by atoms with Crippen molar-refractivity contribution in [2.75, 3.05) is 6.61 Å². The van der Waals surface area contributed by atoms with Crippen LogP contribution in [0.3, 0.4) is 0 Å². The Morgan fingerprint density at radius 3 is 2.13 bits per heavy atom. The van der Waals surface area contributed by atoms with E-state index in [2.05, 4.69) is 4.74 Å². The number of para-hydroxylation sites is 1. The Morgan fingerprint density at radius 2 is 1.61 bits per heavy atom. The number of hydrogen-bond acceptors (Lipinski definition) is 4. The maximum Gasteiger partial charge on any atom is 0.340 e. The minimum Gasteiger partial charge on any atom is -0.459 e. The molecule has 0 saturated heterocycles. The van der Waals surface area contributed by atoms with Crippen LogP contribution in [0.25, 0.3) is 0 Å². The second-order valence-corrected chi connectivity index (χ2v) is 5.06. The molecular weight excluding hydrogens is 367 g/mol. The topological polar surface area (TPSA) is 52.6 Å². The van der Waals surface area contributed by atoms with Crippen LogP contribution in [0.15, 0.2) is 18.2 Å². The van der Waals surface area contributed by atoms with Crippen molar-refractivity contribution in [3.8, 4) is 5.75 Å². The van der Waals surface area contributed by atoms with Gasteiger partial charge in [0.25, 0.3) is 0 Å². The molecule has 0 aliphatic heterocycles. The monoisotopic (exact) mass is 376 g/mol. The van der Waals surface area contributed by atoms with E-state index < -0.39 is 43.7 Å². The summed E-state index contributed by atoms with van der Waals surface area (Å²) in [6.45, 7) is -1.77. The summed E-state index contributed by atoms with van der Waals surface area (Å²) >= 11 is 11.5. The molecule has 4 nitrogen and oxygen atoms in total. The van der Waals surface area contributed by atoms with E-state index in [0.29, 0.717) is 0 Å². The van der Waals surface area contributed by atoms with Gasteiger partial charge in [0, 0.05) is 0 Å². The van der Waals surface area contributed by atoms with Crippen molar-refractivity contribution in [1.82, 2.24) is 0 Å². The lowest BCUT2D eigenvalue weighted by Crippen LogP contribution is -2.33. The Balaban J connectivity index is 2.43. The summed E-state index contributed by atoms with van der Waals surface area (Å²) in [6.07, 6.45) is -5.11. The van der Waals surface area contributed by atoms with Crippen molar-refractivity contribution in [3.05, 3.63) is 28.2 Å². The van der Waals surface area contributed by atoms with Crippen LogP contribution in [0.1, 0.15) is 12.8 Å². The van der Waals surface area contributed by atoms with Gasteiger partial charge in [-0.25, -0.2) is 8.78 Å². The van der Waals surface area contributed by atoms with Crippen LogP contribution in [0.4, 0.5) is 17.6 Å². The normalized spacial score (nSPS) is 11.4. The SMILES string of the molecule is O=C(CCC(=O)Oc1c(Cl)cccc1Cl)OCC(F)(F)C(F)F. The highest BCUT2D eigenvalue weighted by molar-refractivity contribution is 6.37. The zero-order valence-electron chi connectivity index (χ0n) is 11.3. The summed E-state index contributed by atoms with van der Waals surface area (Å²) < 4.78 is 57.6. The number of halogens is 6. The minimum absolute atomic E-state index is 0.0602. The zero-order valence-corrected chi connectivity index (χ0v) is 12.8. The fraction of sp³-hybridized carbons (Fsp3) is 0.385. The van der Waals surface area contributed by atoms with Crippen LogP contribution in [0.5, 0.6) is 5.75 Å². The van der Waals surface area contributed by atoms with Gasteiger partial charge < -0.3 is 9.47 Å². The first-order valence-electron chi connectivity index (χ1n) is 6.10. The lowest BCUT2D eigenvalue weighted by molar-refractivity contribution is -0.180. The molecular formula is C13H10Cl2F4O4. The first kappa shape index (κ1) is 19.5. The summed E-state index contributed by atoms with van der Waals surface area (Å²) in [6, 6.07) is 4.34. The third-order valence-electron chi connectivity index (χ3n) is 2.41. The predicted molar refractivity (Wildman–Crippen MR) is 73.2 cm³/mol. The van der Waals surface area contributed by atoms with Gasteiger partial charge in [0.15, 0.2) is 12.4 Å². The second kappa shape index (κ2) is 8.35. The molecule has 128 valence electrons. The van der Waals surface area contributed by atoms with Crippen molar-refractivity contribution < 1.29 is 36.6 Å². The highest BCUT2D eigenvalue weighted by Gasteiger charge is 2.42. The van der Waals surface area contributed by atoms with Gasteiger partial charge in [0.1, 0.15) is 0 Å². The molecule has 0 amide bonds. The van der Waals surface area contributed by atoms with Crippen LogP contribution < -0.4 is 4.74 Å². The summed E-state index contributed by atoms with van der Waals surface area (Å²) in [7, 11) is 0. The molecule has 0 aliphatic rings. The molecule has 0 aliphatic carbocycles. The van der Waals surface area contributed by atoms with E-state index >= 15 is 0 Å². The highest BCUT2D eigenvalue weighted by Crippen LogP contribution is 2.32. The van der Waals surface area contributed by atoms with Crippen molar-refractivity contribution in [1.29, 1.82) is 0 Å². The standard InChI is InChI=1S/C13H10Cl2F4O4/c14-7-2-1-3-8(15)11(7)23-10(21)5-4-9(20)22-6-13(18,19)12(16)17/h1-3,12H,4-6H2. The molecule has 0 radical (unpaired) electrons. The van der Waals surface area contributed by atoms with E-state index in [9.17, 15) is 27.2 Å². The molecule has 1 aromatic rings. The molecule has 0 spiro atoms. The third kappa shape index (κ3) is 6.23. The van der Waals surface area contributed by atoms with Crippen molar-refractivity contribution in [3.63, 3.8) is 0 Å². The largest absolute Gasteiger partial charge is 0.459 e. The van der Waals surface area contributed by atoms with E-state index in [1.807, 2.05) is 0 Å². The van der Waals surface area contributed by atoms with E-state index in [1.54, 1.807) is 0 Å². The Morgan fingerprint density at radius 1 is 1.09 bits per heavy atom. The van der Waals surface area contributed by atoms with Crippen LogP contribution >= 0.6 is 23.2 Å². The third-order valence-corrected chi connectivity index (χ3v) is 3.01. The molecule has 1 aromatic carbocycles. The quantitative estimate of drug-likeness (QED) is 0.408. The Kier molecular flexibility index (Phi) is 7.08. The van der Waals surface area contributed by atoms with E-state index in [0.717, 1.165) is 0 Å². The number of carbonyl (C=O) groups is 2. The average molecular weight is 377 g/mol. The van der Waals surface area contributed by atoms with E-state index in [1.165, 1.54) is 18.2 Å². The second-order valence-electron chi connectivity index (χ2n) is 4.25. The van der Waals surface area contributed by atoms with Gasteiger partial charge in [-0.2, -0.15) is 8.78 Å². The van der Waals surface area contributed by atoms with Crippen molar-refractivity contribution >= 4 is 35.1 Å². The summed E-state index contributed by atoms with van der Waals surface area (Å²) in [4.78, 5) is 22.7. The number of benzene rings is 1. The fourth-order valence-electron chi connectivity index (χ4n) is 1.26. The molecule has 0 saturated carbocycles. The minimum atomic E-state index is -4.44. The zero-order chi connectivity index (χ0) is 17.6. The smallest absolute Gasteiger partial charge is 0.340 e.